The zero-order valence-corrected chi connectivity index (χ0v) is 25.3. The summed E-state index contributed by atoms with van der Waals surface area (Å²) in [7, 11) is 0. The third-order valence-electron chi connectivity index (χ3n) is 8.88. The molecule has 2 amide bonds. The molecule has 5 rings (SSSR count). The SMILES string of the molecule is CCCC1=C([C@H](O)CC/C(=C/c2ccc(O)c3ccccc23)CCC)[C@H](CO)[C@@H]2C(=O)N(Cc3cccs3)C(=O)[C@@H]2C1. The Morgan fingerprint density at radius 1 is 1.02 bits per heavy atom. The summed E-state index contributed by atoms with van der Waals surface area (Å²) in [5.41, 5.74) is 4.02. The number of rotatable bonds is 12. The first-order valence-electron chi connectivity index (χ1n) is 15.2. The number of phenolic OH excluding ortho intramolecular Hbond substituents is 1. The highest BCUT2D eigenvalue weighted by molar-refractivity contribution is 7.09. The fraction of sp³-hybridized carbons (Fsp3) is 0.429. The van der Waals surface area contributed by atoms with E-state index in [0.29, 0.717) is 19.3 Å². The lowest BCUT2D eigenvalue weighted by molar-refractivity contribution is -0.140. The van der Waals surface area contributed by atoms with Gasteiger partial charge in [0.2, 0.25) is 11.8 Å². The zero-order valence-electron chi connectivity index (χ0n) is 24.5. The summed E-state index contributed by atoms with van der Waals surface area (Å²) in [6.45, 7) is 4.20. The van der Waals surface area contributed by atoms with Gasteiger partial charge >= 0.3 is 0 Å². The molecule has 6 nitrogen and oxygen atoms in total. The third-order valence-corrected chi connectivity index (χ3v) is 9.74. The molecule has 1 aromatic heterocycles. The van der Waals surface area contributed by atoms with Gasteiger partial charge in [-0.1, -0.05) is 80.3 Å². The van der Waals surface area contributed by atoms with Crippen LogP contribution >= 0.6 is 11.3 Å². The lowest BCUT2D eigenvalue weighted by Crippen LogP contribution is -2.39. The number of benzene rings is 2. The monoisotopic (exact) mass is 587 g/mol. The predicted octanol–water partition coefficient (Wildman–Crippen LogP) is 6.84. The van der Waals surface area contributed by atoms with E-state index < -0.39 is 23.9 Å². The Labute approximate surface area is 252 Å². The quantitative estimate of drug-likeness (QED) is 0.159. The van der Waals surface area contributed by atoms with Crippen molar-refractivity contribution in [2.45, 2.75) is 71.4 Å². The molecule has 42 heavy (non-hydrogen) atoms. The molecule has 1 saturated heterocycles. The van der Waals surface area contributed by atoms with Crippen LogP contribution in [-0.4, -0.2) is 44.7 Å². The summed E-state index contributed by atoms with van der Waals surface area (Å²) >= 11 is 1.52. The van der Waals surface area contributed by atoms with E-state index in [4.69, 9.17) is 0 Å². The van der Waals surface area contributed by atoms with Crippen LogP contribution in [0.15, 0.2) is 70.6 Å². The fourth-order valence-electron chi connectivity index (χ4n) is 7.00. The maximum Gasteiger partial charge on any atom is 0.234 e. The van der Waals surface area contributed by atoms with Gasteiger partial charge in [0.05, 0.1) is 31.1 Å². The van der Waals surface area contributed by atoms with Crippen LogP contribution in [0.25, 0.3) is 16.8 Å². The zero-order chi connectivity index (χ0) is 29.8. The number of likely N-dealkylation sites (tertiary alicyclic amines) is 1. The van der Waals surface area contributed by atoms with Crippen LogP contribution in [-0.2, 0) is 16.1 Å². The maximum atomic E-state index is 13.6. The summed E-state index contributed by atoms with van der Waals surface area (Å²) in [5, 5.41) is 36.3. The van der Waals surface area contributed by atoms with Gasteiger partial charge < -0.3 is 15.3 Å². The molecule has 1 aliphatic carbocycles. The Hall–Kier alpha value is -3.26. The maximum absolute atomic E-state index is 13.6. The number of aliphatic hydroxyl groups excluding tert-OH is 2. The van der Waals surface area contributed by atoms with Gasteiger partial charge in [0.25, 0.3) is 0 Å². The minimum Gasteiger partial charge on any atom is -0.507 e. The van der Waals surface area contributed by atoms with Crippen molar-refractivity contribution >= 4 is 40.0 Å². The fourth-order valence-corrected chi connectivity index (χ4v) is 7.69. The number of hydrogen-bond acceptors (Lipinski definition) is 6. The average molecular weight is 588 g/mol. The third kappa shape index (κ3) is 5.96. The summed E-state index contributed by atoms with van der Waals surface area (Å²) in [4.78, 5) is 29.4. The van der Waals surface area contributed by atoms with E-state index in [1.165, 1.54) is 21.8 Å². The van der Waals surface area contributed by atoms with Crippen molar-refractivity contribution in [3.8, 4) is 5.75 Å². The number of phenols is 1. The van der Waals surface area contributed by atoms with Gasteiger partial charge in [0.1, 0.15) is 5.75 Å². The molecule has 1 aliphatic heterocycles. The van der Waals surface area contributed by atoms with E-state index in [1.807, 2.05) is 47.8 Å². The predicted molar refractivity (Wildman–Crippen MR) is 168 cm³/mol. The second-order valence-corrected chi connectivity index (χ2v) is 12.6. The second-order valence-electron chi connectivity index (χ2n) is 11.6. The topological polar surface area (TPSA) is 98.1 Å². The van der Waals surface area contributed by atoms with Crippen LogP contribution in [0.2, 0.25) is 0 Å². The van der Waals surface area contributed by atoms with Gasteiger partial charge in [-0.05, 0) is 66.1 Å². The van der Waals surface area contributed by atoms with E-state index in [1.54, 1.807) is 6.07 Å². The van der Waals surface area contributed by atoms with Crippen molar-refractivity contribution in [3.05, 3.63) is 81.1 Å². The number of hydrogen-bond donors (Lipinski definition) is 3. The number of allylic oxidation sites excluding steroid dienone is 2. The van der Waals surface area contributed by atoms with Gasteiger partial charge in [-0.2, -0.15) is 0 Å². The molecule has 3 N–H and O–H groups in total. The number of thiophene rings is 1. The molecule has 4 atom stereocenters. The number of aliphatic hydroxyl groups is 2. The number of aromatic hydroxyl groups is 1. The summed E-state index contributed by atoms with van der Waals surface area (Å²) in [5.74, 6) is -1.82. The van der Waals surface area contributed by atoms with Crippen molar-refractivity contribution in [2.75, 3.05) is 6.61 Å². The van der Waals surface area contributed by atoms with Crippen molar-refractivity contribution < 1.29 is 24.9 Å². The molecule has 0 radical (unpaired) electrons. The molecule has 2 aliphatic rings. The first kappa shape index (κ1) is 30.2. The lowest BCUT2D eigenvalue weighted by Gasteiger charge is -2.36. The Balaban J connectivity index is 1.40. The molecule has 0 unspecified atom stereocenters. The van der Waals surface area contributed by atoms with Crippen molar-refractivity contribution in [1.29, 1.82) is 0 Å². The molecule has 2 heterocycles. The van der Waals surface area contributed by atoms with Crippen molar-refractivity contribution in [1.82, 2.24) is 4.90 Å². The molecule has 0 bridgehead atoms. The van der Waals surface area contributed by atoms with Crippen LogP contribution in [0, 0.1) is 17.8 Å². The molecule has 2 aromatic carbocycles. The number of carbonyl (C=O) groups excluding carboxylic acids is 2. The smallest absolute Gasteiger partial charge is 0.234 e. The Bertz CT molecular complexity index is 1490. The Morgan fingerprint density at radius 2 is 1.81 bits per heavy atom. The normalized spacial score (nSPS) is 21.9. The van der Waals surface area contributed by atoms with E-state index in [2.05, 4.69) is 19.9 Å². The van der Waals surface area contributed by atoms with Crippen LogP contribution < -0.4 is 0 Å². The Kier molecular flexibility index (Phi) is 9.61. The molecule has 0 spiro atoms. The van der Waals surface area contributed by atoms with Crippen LogP contribution in [0.5, 0.6) is 5.75 Å². The van der Waals surface area contributed by atoms with Crippen molar-refractivity contribution in [3.63, 3.8) is 0 Å². The van der Waals surface area contributed by atoms with Crippen LogP contribution in [0.4, 0.5) is 0 Å². The van der Waals surface area contributed by atoms with Crippen molar-refractivity contribution in [2.24, 2.45) is 17.8 Å². The largest absolute Gasteiger partial charge is 0.507 e. The highest BCUT2D eigenvalue weighted by Gasteiger charge is 2.54. The van der Waals surface area contributed by atoms with Gasteiger partial charge in [0, 0.05) is 16.2 Å². The average Bonchev–Trinajstić information content (AvgIpc) is 3.59. The number of nitrogens with zero attached hydrogens (tertiary/aromatic N) is 1. The highest BCUT2D eigenvalue weighted by Crippen LogP contribution is 2.47. The molecule has 7 heteroatoms. The van der Waals surface area contributed by atoms with E-state index in [9.17, 15) is 24.9 Å². The number of carbonyl (C=O) groups is 2. The number of imide groups is 1. The second kappa shape index (κ2) is 13.4. The van der Waals surface area contributed by atoms with Gasteiger partial charge in [-0.3, -0.25) is 14.5 Å². The van der Waals surface area contributed by atoms with E-state index in [-0.39, 0.29) is 30.7 Å². The molecular formula is C35H41NO5S. The molecule has 222 valence electrons. The minimum absolute atomic E-state index is 0.159. The van der Waals surface area contributed by atoms with Gasteiger partial charge in [-0.25, -0.2) is 0 Å². The van der Waals surface area contributed by atoms with Crippen LogP contribution in [0.1, 0.15) is 69.2 Å². The first-order chi connectivity index (χ1) is 20.4. The summed E-state index contributed by atoms with van der Waals surface area (Å²) < 4.78 is 0. The first-order valence-corrected chi connectivity index (χ1v) is 16.0. The lowest BCUT2D eigenvalue weighted by atomic mass is 9.67. The highest BCUT2D eigenvalue weighted by atomic mass is 32.1. The molecule has 3 aromatic rings. The van der Waals surface area contributed by atoms with Gasteiger partial charge in [-0.15, -0.1) is 11.3 Å². The Morgan fingerprint density at radius 3 is 2.50 bits per heavy atom. The standard InChI is InChI=1S/C35H41NO5S/c1-3-8-22(18-23-14-16-30(38)27-12-6-5-11-26(23)27)13-15-31(39)32-24(9-4-2)19-28-33(29(32)21-37)35(41)36(34(28)40)20-25-10-7-17-42-25/h5-7,10-12,14,16-18,28-29,31,33,37-39H,3-4,8-9,13,15,19-21H2,1-2H3/b22-18+/t28-,29+,31-,33-/m1/s1. The summed E-state index contributed by atoms with van der Waals surface area (Å²) in [6, 6.07) is 15.3. The molecular weight excluding hydrogens is 546 g/mol. The summed E-state index contributed by atoms with van der Waals surface area (Å²) in [6.07, 6.45) is 6.38. The molecule has 1 fully saturated rings. The van der Waals surface area contributed by atoms with Gasteiger partial charge in [0.15, 0.2) is 0 Å². The number of amides is 2. The van der Waals surface area contributed by atoms with E-state index >= 15 is 0 Å². The minimum atomic E-state index is -0.810. The molecule has 0 saturated carbocycles. The van der Waals surface area contributed by atoms with Crippen LogP contribution in [0.3, 0.4) is 0 Å². The number of fused-ring (bicyclic) bond motifs is 2. The van der Waals surface area contributed by atoms with E-state index in [0.717, 1.165) is 58.0 Å².